The molecular weight excluding hydrogens is 310 g/mol. The van der Waals surface area contributed by atoms with Gasteiger partial charge in [0.05, 0.1) is 11.2 Å². The number of ether oxygens (including phenoxy) is 1. The Hall–Kier alpha value is -2.73. The molecule has 0 unspecified atom stereocenters. The van der Waals surface area contributed by atoms with Crippen molar-refractivity contribution in [2.45, 2.75) is 13.5 Å². The summed E-state index contributed by atoms with van der Waals surface area (Å²) in [6.07, 6.45) is 1.67. The Bertz CT molecular complexity index is 786. The lowest BCUT2D eigenvalue weighted by Gasteiger charge is -2.07. The Kier molecular flexibility index (Phi) is 4.63. The van der Waals surface area contributed by atoms with Crippen molar-refractivity contribution in [1.82, 2.24) is 9.97 Å². The summed E-state index contributed by atoms with van der Waals surface area (Å²) in [6.45, 7) is 2.37. The summed E-state index contributed by atoms with van der Waals surface area (Å²) >= 11 is 1.53. The van der Waals surface area contributed by atoms with E-state index in [-0.39, 0.29) is 5.91 Å². The molecule has 0 aliphatic heterocycles. The maximum atomic E-state index is 12.2. The van der Waals surface area contributed by atoms with Gasteiger partial charge < -0.3 is 10.1 Å². The SMILES string of the molecule is Cc1ccnc(NC(=O)c2ccc(OCc3cscn3)cc2)c1. The van der Waals surface area contributed by atoms with Gasteiger partial charge >= 0.3 is 0 Å². The van der Waals surface area contributed by atoms with Gasteiger partial charge in [0.1, 0.15) is 18.2 Å². The molecule has 116 valence electrons. The number of benzene rings is 1. The second kappa shape index (κ2) is 7.02. The number of hydrogen-bond donors (Lipinski definition) is 1. The average molecular weight is 325 g/mol. The molecule has 0 atom stereocenters. The lowest BCUT2D eigenvalue weighted by atomic mass is 10.2. The highest BCUT2D eigenvalue weighted by molar-refractivity contribution is 7.07. The summed E-state index contributed by atoms with van der Waals surface area (Å²) in [7, 11) is 0. The van der Waals surface area contributed by atoms with Crippen molar-refractivity contribution in [2.24, 2.45) is 0 Å². The first-order valence-electron chi connectivity index (χ1n) is 7.04. The predicted octanol–water partition coefficient (Wildman–Crippen LogP) is 3.68. The van der Waals surface area contributed by atoms with Gasteiger partial charge in [-0.25, -0.2) is 9.97 Å². The Morgan fingerprint density at radius 1 is 1.22 bits per heavy atom. The van der Waals surface area contributed by atoms with Crippen molar-refractivity contribution >= 4 is 23.1 Å². The second-order valence-corrected chi connectivity index (χ2v) is 5.68. The minimum absolute atomic E-state index is 0.200. The normalized spacial score (nSPS) is 10.3. The fraction of sp³-hybridized carbons (Fsp3) is 0.118. The molecule has 6 heteroatoms. The molecular formula is C17H15N3O2S. The molecule has 0 fully saturated rings. The number of aryl methyl sites for hydroxylation is 1. The third-order valence-corrected chi connectivity index (χ3v) is 3.78. The molecule has 2 heterocycles. The lowest BCUT2D eigenvalue weighted by Crippen LogP contribution is -2.12. The van der Waals surface area contributed by atoms with Gasteiger partial charge in [-0.15, -0.1) is 11.3 Å². The fourth-order valence-corrected chi connectivity index (χ4v) is 2.50. The molecule has 1 N–H and O–H groups in total. The van der Waals surface area contributed by atoms with Gasteiger partial charge in [0, 0.05) is 17.1 Å². The number of amides is 1. The van der Waals surface area contributed by atoms with Crippen LogP contribution in [0.25, 0.3) is 0 Å². The van der Waals surface area contributed by atoms with E-state index >= 15 is 0 Å². The largest absolute Gasteiger partial charge is 0.487 e. The van der Waals surface area contributed by atoms with Gasteiger partial charge in [0.25, 0.3) is 5.91 Å². The number of pyridine rings is 1. The molecule has 0 radical (unpaired) electrons. The van der Waals surface area contributed by atoms with E-state index in [0.717, 1.165) is 11.3 Å². The number of carbonyl (C=O) groups is 1. The van der Waals surface area contributed by atoms with Crippen molar-refractivity contribution in [1.29, 1.82) is 0 Å². The molecule has 23 heavy (non-hydrogen) atoms. The summed E-state index contributed by atoms with van der Waals surface area (Å²) in [5, 5.41) is 4.71. The van der Waals surface area contributed by atoms with E-state index in [9.17, 15) is 4.79 Å². The Morgan fingerprint density at radius 3 is 2.74 bits per heavy atom. The third-order valence-electron chi connectivity index (χ3n) is 3.14. The van der Waals surface area contributed by atoms with E-state index < -0.39 is 0 Å². The van der Waals surface area contributed by atoms with Crippen molar-refractivity contribution in [2.75, 3.05) is 5.32 Å². The highest BCUT2D eigenvalue weighted by atomic mass is 32.1. The summed E-state index contributed by atoms with van der Waals surface area (Å²) in [5.41, 5.74) is 4.25. The van der Waals surface area contributed by atoms with Crippen molar-refractivity contribution in [3.05, 3.63) is 70.3 Å². The Morgan fingerprint density at radius 2 is 2.04 bits per heavy atom. The molecule has 0 aliphatic carbocycles. The number of thiazole rings is 1. The van der Waals surface area contributed by atoms with Gasteiger partial charge in [0.2, 0.25) is 0 Å². The number of carbonyl (C=O) groups excluding carboxylic acids is 1. The van der Waals surface area contributed by atoms with Crippen LogP contribution in [-0.2, 0) is 6.61 Å². The van der Waals surface area contributed by atoms with Crippen LogP contribution in [0.4, 0.5) is 5.82 Å². The van der Waals surface area contributed by atoms with Gasteiger partial charge in [-0.3, -0.25) is 4.79 Å². The van der Waals surface area contributed by atoms with E-state index in [1.165, 1.54) is 11.3 Å². The summed E-state index contributed by atoms with van der Waals surface area (Å²) in [6, 6.07) is 10.7. The molecule has 1 amide bonds. The summed E-state index contributed by atoms with van der Waals surface area (Å²) in [5.74, 6) is 1.04. The molecule has 5 nitrogen and oxygen atoms in total. The van der Waals surface area contributed by atoms with Gasteiger partial charge in [-0.05, 0) is 48.9 Å². The lowest BCUT2D eigenvalue weighted by molar-refractivity contribution is 0.102. The highest BCUT2D eigenvalue weighted by Crippen LogP contribution is 2.15. The van der Waals surface area contributed by atoms with E-state index in [2.05, 4.69) is 15.3 Å². The van der Waals surface area contributed by atoms with Crippen LogP contribution in [-0.4, -0.2) is 15.9 Å². The Labute approximate surface area is 138 Å². The number of rotatable bonds is 5. The number of hydrogen-bond acceptors (Lipinski definition) is 5. The average Bonchev–Trinajstić information content (AvgIpc) is 3.07. The Balaban J connectivity index is 1.61. The first kappa shape index (κ1) is 15.2. The van der Waals surface area contributed by atoms with Crippen LogP contribution >= 0.6 is 11.3 Å². The number of nitrogens with zero attached hydrogens (tertiary/aromatic N) is 2. The van der Waals surface area contributed by atoms with Crippen LogP contribution in [0.15, 0.2) is 53.5 Å². The maximum absolute atomic E-state index is 12.2. The van der Waals surface area contributed by atoms with E-state index in [1.807, 2.05) is 24.4 Å². The topological polar surface area (TPSA) is 64.1 Å². The number of nitrogens with one attached hydrogen (secondary N) is 1. The molecule has 0 saturated carbocycles. The van der Waals surface area contributed by atoms with Crippen LogP contribution in [0.3, 0.4) is 0 Å². The zero-order valence-corrected chi connectivity index (χ0v) is 13.3. The quantitative estimate of drug-likeness (QED) is 0.777. The zero-order valence-electron chi connectivity index (χ0n) is 12.5. The van der Waals surface area contributed by atoms with Crippen molar-refractivity contribution < 1.29 is 9.53 Å². The molecule has 1 aromatic carbocycles. The maximum Gasteiger partial charge on any atom is 0.256 e. The highest BCUT2D eigenvalue weighted by Gasteiger charge is 2.07. The zero-order chi connectivity index (χ0) is 16.1. The van der Waals surface area contributed by atoms with Crippen molar-refractivity contribution in [3.63, 3.8) is 0 Å². The molecule has 3 rings (SSSR count). The van der Waals surface area contributed by atoms with Crippen LogP contribution in [0.5, 0.6) is 5.75 Å². The first-order valence-corrected chi connectivity index (χ1v) is 7.99. The minimum atomic E-state index is -0.200. The summed E-state index contributed by atoms with van der Waals surface area (Å²) < 4.78 is 5.62. The summed E-state index contributed by atoms with van der Waals surface area (Å²) in [4.78, 5) is 20.5. The molecule has 3 aromatic rings. The monoisotopic (exact) mass is 325 g/mol. The first-order chi connectivity index (χ1) is 11.2. The predicted molar refractivity (Wildman–Crippen MR) is 89.8 cm³/mol. The number of anilines is 1. The smallest absolute Gasteiger partial charge is 0.256 e. The van der Waals surface area contributed by atoms with Crippen LogP contribution in [0.2, 0.25) is 0 Å². The molecule has 0 bridgehead atoms. The van der Waals surface area contributed by atoms with Gasteiger partial charge in [-0.1, -0.05) is 0 Å². The van der Waals surface area contributed by atoms with Gasteiger partial charge in [-0.2, -0.15) is 0 Å². The van der Waals surface area contributed by atoms with E-state index in [0.29, 0.717) is 23.7 Å². The van der Waals surface area contributed by atoms with Crippen LogP contribution in [0, 0.1) is 6.92 Å². The molecule has 2 aromatic heterocycles. The minimum Gasteiger partial charge on any atom is -0.487 e. The molecule has 0 aliphatic rings. The standard InChI is InChI=1S/C17H15N3O2S/c1-12-6-7-18-16(8-12)20-17(21)13-2-4-15(5-3-13)22-9-14-10-23-11-19-14/h2-8,10-11H,9H2,1H3,(H,18,20,21). The van der Waals surface area contributed by atoms with E-state index in [1.54, 1.807) is 36.0 Å². The third kappa shape index (κ3) is 4.14. The molecule has 0 saturated heterocycles. The van der Waals surface area contributed by atoms with Crippen molar-refractivity contribution in [3.8, 4) is 5.75 Å². The van der Waals surface area contributed by atoms with Crippen LogP contribution < -0.4 is 10.1 Å². The second-order valence-electron chi connectivity index (χ2n) is 4.97. The van der Waals surface area contributed by atoms with Crippen LogP contribution in [0.1, 0.15) is 21.6 Å². The molecule has 0 spiro atoms. The van der Waals surface area contributed by atoms with Gasteiger partial charge in [0.15, 0.2) is 0 Å². The number of aromatic nitrogens is 2. The fourth-order valence-electron chi connectivity index (χ4n) is 1.96. The van der Waals surface area contributed by atoms with E-state index in [4.69, 9.17) is 4.74 Å².